The number of carbonyl (C=O) groups excluding carboxylic acids is 1. The van der Waals surface area contributed by atoms with Crippen LogP contribution >= 0.6 is 0 Å². The van der Waals surface area contributed by atoms with Crippen molar-refractivity contribution in [1.29, 1.82) is 0 Å². The quantitative estimate of drug-likeness (QED) is 0.779. The van der Waals surface area contributed by atoms with Crippen LogP contribution in [0.4, 0.5) is 5.82 Å². The molecule has 0 saturated heterocycles. The topological polar surface area (TPSA) is 85.0 Å². The van der Waals surface area contributed by atoms with Gasteiger partial charge in [-0.2, -0.15) is 5.10 Å². The Kier molecular flexibility index (Phi) is 4.81. The lowest BCUT2D eigenvalue weighted by Crippen LogP contribution is -2.40. The van der Waals surface area contributed by atoms with Gasteiger partial charge in [0.05, 0.1) is 6.20 Å². The highest BCUT2D eigenvalue weighted by molar-refractivity contribution is 5.97. The Labute approximate surface area is 148 Å². The molecule has 0 fully saturated rings. The number of rotatable bonds is 5. The minimum Gasteiger partial charge on any atom is -0.369 e. The molecular formula is C19H27N5O. The third-order valence-corrected chi connectivity index (χ3v) is 4.70. The second-order valence-electron chi connectivity index (χ2n) is 7.82. The molecule has 25 heavy (non-hydrogen) atoms. The van der Waals surface area contributed by atoms with Crippen molar-refractivity contribution in [3.8, 4) is 0 Å². The first-order chi connectivity index (χ1) is 11.9. The maximum atomic E-state index is 11.4. The maximum absolute atomic E-state index is 11.4. The fourth-order valence-electron chi connectivity index (χ4n) is 3.43. The molecule has 3 rings (SSSR count). The number of benzene rings is 1. The van der Waals surface area contributed by atoms with Crippen LogP contribution < -0.4 is 16.4 Å². The van der Waals surface area contributed by atoms with Crippen LogP contribution in [0.2, 0.25) is 0 Å². The molecule has 0 aliphatic carbocycles. The highest BCUT2D eigenvalue weighted by Gasteiger charge is 2.28. The van der Waals surface area contributed by atoms with E-state index < -0.39 is 5.91 Å². The zero-order chi connectivity index (χ0) is 18.0. The Morgan fingerprint density at radius 3 is 2.76 bits per heavy atom. The highest BCUT2D eigenvalue weighted by Crippen LogP contribution is 2.33. The van der Waals surface area contributed by atoms with Crippen LogP contribution in [-0.4, -0.2) is 28.8 Å². The minimum absolute atomic E-state index is 0.111. The van der Waals surface area contributed by atoms with Crippen molar-refractivity contribution in [1.82, 2.24) is 15.1 Å². The van der Waals surface area contributed by atoms with Crippen LogP contribution in [0.25, 0.3) is 0 Å². The first-order valence-corrected chi connectivity index (χ1v) is 8.74. The molecule has 4 N–H and O–H groups in total. The van der Waals surface area contributed by atoms with Gasteiger partial charge >= 0.3 is 0 Å². The first-order valence-electron chi connectivity index (χ1n) is 8.74. The Bertz CT molecular complexity index is 732. The molecular weight excluding hydrogens is 314 g/mol. The van der Waals surface area contributed by atoms with Crippen LogP contribution in [0.15, 0.2) is 36.5 Å². The number of amides is 1. The minimum atomic E-state index is -0.442. The average molecular weight is 341 g/mol. The molecule has 0 saturated carbocycles. The Morgan fingerprint density at radius 1 is 1.40 bits per heavy atom. The first kappa shape index (κ1) is 17.5. The average Bonchev–Trinajstić information content (AvgIpc) is 2.98. The Balaban J connectivity index is 1.67. The lowest BCUT2D eigenvalue weighted by atomic mass is 9.82. The summed E-state index contributed by atoms with van der Waals surface area (Å²) in [6.45, 7) is 9.19. The van der Waals surface area contributed by atoms with Crippen LogP contribution in [0.1, 0.15) is 42.7 Å². The van der Waals surface area contributed by atoms with Gasteiger partial charge in [-0.05, 0) is 11.0 Å². The summed E-state index contributed by atoms with van der Waals surface area (Å²) in [7, 11) is 0. The van der Waals surface area contributed by atoms with Crippen molar-refractivity contribution in [2.45, 2.75) is 33.4 Å². The fourth-order valence-corrected chi connectivity index (χ4v) is 3.43. The number of anilines is 1. The molecule has 0 unspecified atom stereocenters. The second kappa shape index (κ2) is 6.88. The van der Waals surface area contributed by atoms with Crippen LogP contribution in [-0.2, 0) is 6.54 Å². The largest absolute Gasteiger partial charge is 0.369 e. The summed E-state index contributed by atoms with van der Waals surface area (Å²) >= 11 is 0. The predicted octanol–water partition coefficient (Wildman–Crippen LogP) is 2.40. The maximum Gasteiger partial charge on any atom is 0.254 e. The number of carbonyl (C=O) groups is 1. The van der Waals surface area contributed by atoms with E-state index in [0.29, 0.717) is 11.5 Å². The lowest BCUT2D eigenvalue weighted by Gasteiger charge is -2.34. The number of nitrogens with zero attached hydrogens (tertiary/aromatic N) is 2. The number of fused-ring (bicyclic) bond motifs is 1. The van der Waals surface area contributed by atoms with Crippen LogP contribution in [0, 0.1) is 11.3 Å². The predicted molar refractivity (Wildman–Crippen MR) is 99.4 cm³/mol. The van der Waals surface area contributed by atoms with E-state index >= 15 is 0 Å². The van der Waals surface area contributed by atoms with Gasteiger partial charge in [0.15, 0.2) is 0 Å². The van der Waals surface area contributed by atoms with Gasteiger partial charge in [0, 0.05) is 31.6 Å². The molecule has 6 nitrogen and oxygen atoms in total. The van der Waals surface area contributed by atoms with Gasteiger partial charge in [-0.25, -0.2) is 4.68 Å². The molecule has 2 heterocycles. The molecule has 2 atom stereocenters. The summed E-state index contributed by atoms with van der Waals surface area (Å²) in [4.78, 5) is 11.4. The summed E-state index contributed by atoms with van der Waals surface area (Å²) in [6.07, 6.45) is 1.54. The number of nitrogens with one attached hydrogen (secondary N) is 2. The van der Waals surface area contributed by atoms with E-state index in [0.717, 1.165) is 25.5 Å². The molecule has 6 heteroatoms. The smallest absolute Gasteiger partial charge is 0.254 e. The second-order valence-corrected chi connectivity index (χ2v) is 7.82. The monoisotopic (exact) mass is 341 g/mol. The third kappa shape index (κ3) is 3.85. The van der Waals surface area contributed by atoms with Gasteiger partial charge in [0.2, 0.25) is 0 Å². The van der Waals surface area contributed by atoms with Crippen molar-refractivity contribution in [2.75, 3.05) is 18.4 Å². The van der Waals surface area contributed by atoms with E-state index in [1.807, 2.05) is 10.7 Å². The van der Waals surface area contributed by atoms with Gasteiger partial charge in [-0.1, -0.05) is 51.1 Å². The zero-order valence-electron chi connectivity index (χ0n) is 15.1. The van der Waals surface area contributed by atoms with E-state index in [9.17, 15) is 4.79 Å². The molecule has 1 aromatic heterocycles. The molecule has 0 radical (unpaired) electrons. The Hall–Kier alpha value is -2.34. The van der Waals surface area contributed by atoms with Crippen LogP contribution in [0.3, 0.4) is 0 Å². The molecule has 1 amide bonds. The van der Waals surface area contributed by atoms with Crippen molar-refractivity contribution in [3.05, 3.63) is 47.7 Å². The fraction of sp³-hybridized carbons (Fsp3) is 0.474. The third-order valence-electron chi connectivity index (χ3n) is 4.70. The summed E-state index contributed by atoms with van der Waals surface area (Å²) in [5.41, 5.74) is 7.26. The number of primary amides is 1. The van der Waals surface area contributed by atoms with Gasteiger partial charge in [0.25, 0.3) is 5.91 Å². The molecule has 0 bridgehead atoms. The van der Waals surface area contributed by atoms with E-state index in [4.69, 9.17) is 5.73 Å². The number of aromatic nitrogens is 2. The van der Waals surface area contributed by atoms with Crippen molar-refractivity contribution < 1.29 is 4.79 Å². The van der Waals surface area contributed by atoms with Gasteiger partial charge in [-0.3, -0.25) is 4.79 Å². The SMILES string of the molecule is CC(C)(C)[C@H](NC[C@H]1CNc2c(C(N)=O)cnn2C1)c1ccccc1. The summed E-state index contributed by atoms with van der Waals surface area (Å²) < 4.78 is 1.84. The molecule has 134 valence electrons. The van der Waals surface area contributed by atoms with Gasteiger partial charge in [0.1, 0.15) is 11.4 Å². The molecule has 1 aliphatic rings. The van der Waals surface area contributed by atoms with Crippen LogP contribution in [0.5, 0.6) is 0 Å². The number of hydrogen-bond acceptors (Lipinski definition) is 4. The van der Waals surface area contributed by atoms with Crippen molar-refractivity contribution >= 4 is 11.7 Å². The van der Waals surface area contributed by atoms with Gasteiger partial charge < -0.3 is 16.4 Å². The lowest BCUT2D eigenvalue weighted by molar-refractivity contribution is 0.100. The molecule has 2 aromatic rings. The van der Waals surface area contributed by atoms with Crippen molar-refractivity contribution in [3.63, 3.8) is 0 Å². The van der Waals surface area contributed by atoms with E-state index in [-0.39, 0.29) is 11.5 Å². The molecule has 1 aliphatic heterocycles. The Morgan fingerprint density at radius 2 is 2.12 bits per heavy atom. The summed E-state index contributed by atoms with van der Waals surface area (Å²) in [6, 6.07) is 10.8. The highest BCUT2D eigenvalue weighted by atomic mass is 16.1. The standard InChI is InChI=1S/C19H27N5O/c1-19(2,3)16(14-7-5-4-6-8-14)21-9-13-10-22-18-15(17(20)25)11-23-24(18)12-13/h4-8,11,13,16,21-22H,9-10,12H2,1-3H3,(H2,20,25)/t13-,16+/m0/s1. The van der Waals surface area contributed by atoms with E-state index in [2.05, 4.69) is 60.8 Å². The number of hydrogen-bond donors (Lipinski definition) is 3. The summed E-state index contributed by atoms with van der Waals surface area (Å²) in [5.74, 6) is 0.683. The normalized spacial score (nSPS) is 18.3. The summed E-state index contributed by atoms with van der Waals surface area (Å²) in [5, 5.41) is 11.3. The van der Waals surface area contributed by atoms with E-state index in [1.165, 1.54) is 5.56 Å². The zero-order valence-corrected chi connectivity index (χ0v) is 15.1. The van der Waals surface area contributed by atoms with Crippen molar-refractivity contribution in [2.24, 2.45) is 17.1 Å². The molecule has 1 aromatic carbocycles. The van der Waals surface area contributed by atoms with Gasteiger partial charge in [-0.15, -0.1) is 0 Å². The molecule has 0 spiro atoms. The number of nitrogens with two attached hydrogens (primary N) is 1. The van der Waals surface area contributed by atoms with E-state index in [1.54, 1.807) is 6.20 Å².